The minimum Gasteiger partial charge on any atom is -0.385 e. The van der Waals surface area contributed by atoms with Crippen LogP contribution in [0, 0.1) is 12.8 Å². The molecule has 3 heteroatoms. The monoisotopic (exact) mass is 208 g/mol. The molecule has 0 aromatic carbocycles. The van der Waals surface area contributed by atoms with Crippen LogP contribution in [0.5, 0.6) is 0 Å². The highest BCUT2D eigenvalue weighted by atomic mass is 16.5. The quantitative estimate of drug-likeness (QED) is 0.805. The molecule has 1 aromatic heterocycles. The van der Waals surface area contributed by atoms with Gasteiger partial charge in [0.25, 0.3) is 0 Å². The Morgan fingerprint density at radius 3 is 2.87 bits per heavy atom. The maximum Gasteiger partial charge on any atom is 0.0465 e. The molecule has 84 valence electrons. The van der Waals surface area contributed by atoms with Crippen LogP contribution in [0.15, 0.2) is 18.5 Å². The number of nitrogens with zero attached hydrogens (tertiary/aromatic N) is 1. The molecule has 2 atom stereocenters. The third kappa shape index (κ3) is 3.29. The molecule has 0 saturated carbocycles. The summed E-state index contributed by atoms with van der Waals surface area (Å²) < 4.78 is 5.06. The van der Waals surface area contributed by atoms with E-state index in [0.29, 0.717) is 5.92 Å². The first-order valence-corrected chi connectivity index (χ1v) is 5.31. The predicted molar refractivity (Wildman–Crippen MR) is 61.6 cm³/mol. The second-order valence-corrected chi connectivity index (χ2v) is 4.02. The Bertz CT molecular complexity index is 301. The first-order valence-electron chi connectivity index (χ1n) is 5.31. The van der Waals surface area contributed by atoms with Gasteiger partial charge >= 0.3 is 0 Å². The lowest BCUT2D eigenvalue weighted by Crippen LogP contribution is -2.21. The van der Waals surface area contributed by atoms with Gasteiger partial charge in [-0.1, -0.05) is 6.92 Å². The molecule has 2 N–H and O–H groups in total. The van der Waals surface area contributed by atoms with Gasteiger partial charge in [-0.15, -0.1) is 0 Å². The summed E-state index contributed by atoms with van der Waals surface area (Å²) in [7, 11) is 1.72. The van der Waals surface area contributed by atoms with E-state index in [1.54, 1.807) is 13.3 Å². The lowest BCUT2D eigenvalue weighted by atomic mass is 9.92. The van der Waals surface area contributed by atoms with Crippen LogP contribution in [0.25, 0.3) is 0 Å². The number of hydrogen-bond donors (Lipinski definition) is 1. The molecular weight excluding hydrogens is 188 g/mol. The van der Waals surface area contributed by atoms with Gasteiger partial charge in [0.15, 0.2) is 0 Å². The Balaban J connectivity index is 2.67. The Kier molecular flexibility index (Phi) is 4.72. The van der Waals surface area contributed by atoms with Crippen LogP contribution in [-0.2, 0) is 4.74 Å². The lowest BCUT2D eigenvalue weighted by Gasteiger charge is -2.21. The standard InChI is InChI=1S/C12H20N2O/c1-9-4-6-14-8-11(9)12(13)10(2)5-7-15-3/h4,6,8,10,12H,5,7,13H2,1-3H3. The maximum atomic E-state index is 6.18. The van der Waals surface area contributed by atoms with Crippen molar-refractivity contribution in [3.05, 3.63) is 29.6 Å². The van der Waals surface area contributed by atoms with Gasteiger partial charge in [0.1, 0.15) is 0 Å². The summed E-state index contributed by atoms with van der Waals surface area (Å²) in [5.41, 5.74) is 8.53. The molecule has 0 fully saturated rings. The van der Waals surface area contributed by atoms with Gasteiger partial charge in [-0.25, -0.2) is 0 Å². The molecule has 0 spiro atoms. The molecule has 1 aromatic rings. The van der Waals surface area contributed by atoms with E-state index in [9.17, 15) is 0 Å². The molecule has 0 aliphatic rings. The van der Waals surface area contributed by atoms with Crippen molar-refractivity contribution in [1.29, 1.82) is 0 Å². The maximum absolute atomic E-state index is 6.18. The Morgan fingerprint density at radius 2 is 2.27 bits per heavy atom. The van der Waals surface area contributed by atoms with Crippen molar-refractivity contribution in [1.82, 2.24) is 4.98 Å². The van der Waals surface area contributed by atoms with Crippen molar-refractivity contribution >= 4 is 0 Å². The molecule has 2 unspecified atom stereocenters. The van der Waals surface area contributed by atoms with Gasteiger partial charge in [-0.3, -0.25) is 4.98 Å². The number of ether oxygens (including phenoxy) is 1. The van der Waals surface area contributed by atoms with Crippen LogP contribution in [-0.4, -0.2) is 18.7 Å². The fraction of sp³-hybridized carbons (Fsp3) is 0.583. The Hall–Kier alpha value is -0.930. The molecule has 0 aliphatic carbocycles. The van der Waals surface area contributed by atoms with Gasteiger partial charge in [-0.2, -0.15) is 0 Å². The van der Waals surface area contributed by atoms with E-state index in [1.165, 1.54) is 5.56 Å². The van der Waals surface area contributed by atoms with E-state index in [0.717, 1.165) is 18.6 Å². The fourth-order valence-corrected chi connectivity index (χ4v) is 1.61. The zero-order valence-electron chi connectivity index (χ0n) is 9.73. The van der Waals surface area contributed by atoms with Crippen molar-refractivity contribution in [2.45, 2.75) is 26.3 Å². The van der Waals surface area contributed by atoms with Crippen LogP contribution >= 0.6 is 0 Å². The van der Waals surface area contributed by atoms with E-state index in [-0.39, 0.29) is 6.04 Å². The minimum absolute atomic E-state index is 0.0499. The molecule has 1 heterocycles. The first-order chi connectivity index (χ1) is 7.16. The minimum atomic E-state index is 0.0499. The van der Waals surface area contributed by atoms with Crippen molar-refractivity contribution in [3.8, 4) is 0 Å². The van der Waals surface area contributed by atoms with E-state index in [2.05, 4.69) is 18.8 Å². The van der Waals surface area contributed by atoms with Gasteiger partial charge in [0, 0.05) is 32.2 Å². The summed E-state index contributed by atoms with van der Waals surface area (Å²) in [4.78, 5) is 4.12. The van der Waals surface area contributed by atoms with Crippen LogP contribution < -0.4 is 5.73 Å². The second kappa shape index (κ2) is 5.83. The normalized spacial score (nSPS) is 14.9. The third-order valence-electron chi connectivity index (χ3n) is 2.83. The zero-order valence-corrected chi connectivity index (χ0v) is 9.73. The molecule has 0 amide bonds. The first kappa shape index (κ1) is 12.1. The topological polar surface area (TPSA) is 48.1 Å². The number of aryl methyl sites for hydroxylation is 1. The SMILES string of the molecule is COCCC(C)C(N)c1cnccc1C. The predicted octanol–water partition coefficient (Wildman–Crippen LogP) is 2.06. The Morgan fingerprint density at radius 1 is 1.53 bits per heavy atom. The average Bonchev–Trinajstić information content (AvgIpc) is 2.25. The number of methoxy groups -OCH3 is 1. The molecule has 0 bridgehead atoms. The van der Waals surface area contributed by atoms with E-state index in [1.807, 2.05) is 12.3 Å². The molecule has 15 heavy (non-hydrogen) atoms. The summed E-state index contributed by atoms with van der Waals surface area (Å²) in [6.45, 7) is 4.98. The van der Waals surface area contributed by atoms with Crippen LogP contribution in [0.2, 0.25) is 0 Å². The fourth-order valence-electron chi connectivity index (χ4n) is 1.61. The van der Waals surface area contributed by atoms with Gasteiger partial charge < -0.3 is 10.5 Å². The number of nitrogens with two attached hydrogens (primary N) is 1. The number of hydrogen-bond acceptors (Lipinski definition) is 3. The molecule has 3 nitrogen and oxygen atoms in total. The largest absolute Gasteiger partial charge is 0.385 e. The summed E-state index contributed by atoms with van der Waals surface area (Å²) in [6, 6.07) is 2.05. The highest BCUT2D eigenvalue weighted by Crippen LogP contribution is 2.23. The van der Waals surface area contributed by atoms with Crippen LogP contribution in [0.1, 0.15) is 30.5 Å². The molecular formula is C12H20N2O. The highest BCUT2D eigenvalue weighted by Gasteiger charge is 2.16. The van der Waals surface area contributed by atoms with Crippen LogP contribution in [0.4, 0.5) is 0 Å². The highest BCUT2D eigenvalue weighted by molar-refractivity contribution is 5.25. The van der Waals surface area contributed by atoms with Crippen molar-refractivity contribution in [2.75, 3.05) is 13.7 Å². The number of rotatable bonds is 5. The average molecular weight is 208 g/mol. The van der Waals surface area contributed by atoms with E-state index in [4.69, 9.17) is 10.5 Å². The third-order valence-corrected chi connectivity index (χ3v) is 2.83. The summed E-state index contributed by atoms with van der Waals surface area (Å²) in [5.74, 6) is 0.410. The van der Waals surface area contributed by atoms with E-state index >= 15 is 0 Å². The number of aromatic nitrogens is 1. The number of pyridine rings is 1. The smallest absolute Gasteiger partial charge is 0.0465 e. The summed E-state index contributed by atoms with van der Waals surface area (Å²) >= 11 is 0. The molecule has 0 radical (unpaired) electrons. The molecule has 0 saturated heterocycles. The van der Waals surface area contributed by atoms with E-state index < -0.39 is 0 Å². The van der Waals surface area contributed by atoms with Gasteiger partial charge in [-0.05, 0) is 36.5 Å². The lowest BCUT2D eigenvalue weighted by molar-refractivity contribution is 0.174. The molecule has 0 aliphatic heterocycles. The zero-order chi connectivity index (χ0) is 11.3. The Labute approximate surface area is 91.7 Å². The summed E-state index contributed by atoms with van der Waals surface area (Å²) in [6.07, 6.45) is 4.64. The van der Waals surface area contributed by atoms with Crippen molar-refractivity contribution in [2.24, 2.45) is 11.7 Å². The molecule has 1 rings (SSSR count). The van der Waals surface area contributed by atoms with Crippen molar-refractivity contribution < 1.29 is 4.74 Å². The second-order valence-electron chi connectivity index (χ2n) is 4.02. The van der Waals surface area contributed by atoms with Gasteiger partial charge in [0.2, 0.25) is 0 Å². The van der Waals surface area contributed by atoms with Gasteiger partial charge in [0.05, 0.1) is 0 Å². The van der Waals surface area contributed by atoms with Crippen LogP contribution in [0.3, 0.4) is 0 Å². The van der Waals surface area contributed by atoms with Crippen molar-refractivity contribution in [3.63, 3.8) is 0 Å². The summed E-state index contributed by atoms with van der Waals surface area (Å²) in [5, 5.41) is 0.